The summed E-state index contributed by atoms with van der Waals surface area (Å²) in [4.78, 5) is 12.0. The van der Waals surface area contributed by atoms with Gasteiger partial charge in [-0.05, 0) is 32.4 Å². The number of carbonyl (C=O) groups excluding carboxylic acids is 1. The van der Waals surface area contributed by atoms with Gasteiger partial charge in [-0.1, -0.05) is 24.8 Å². The summed E-state index contributed by atoms with van der Waals surface area (Å²) in [7, 11) is 1.40. The Bertz CT molecular complexity index is 517. The molecule has 1 aliphatic heterocycles. The van der Waals surface area contributed by atoms with Gasteiger partial charge in [-0.25, -0.2) is 9.80 Å². The molecule has 102 valence electrons. The summed E-state index contributed by atoms with van der Waals surface area (Å²) >= 11 is 0. The highest BCUT2D eigenvalue weighted by Crippen LogP contribution is 2.37. The Kier molecular flexibility index (Phi) is 3.27. The zero-order chi connectivity index (χ0) is 14.2. The zero-order valence-electron chi connectivity index (χ0n) is 11.9. The second-order valence-electron chi connectivity index (χ2n) is 5.63. The Hall–Kier alpha value is -1.97. The number of benzene rings is 1. The predicted molar refractivity (Wildman–Crippen MR) is 76.8 cm³/mol. The molecule has 4 heteroatoms. The van der Waals surface area contributed by atoms with Gasteiger partial charge in [-0.15, -0.1) is 0 Å². The summed E-state index contributed by atoms with van der Waals surface area (Å²) in [5.74, 6) is 0. The molecule has 1 amide bonds. The number of fused-ring (bicyclic) bond motifs is 1. The SMILES string of the molecule is C=C1CN(C(=O)OC)N(C(C)(C)C)c2ccccc21. The number of amides is 1. The lowest BCUT2D eigenvalue weighted by molar-refractivity contribution is 0.112. The molecule has 4 nitrogen and oxygen atoms in total. The monoisotopic (exact) mass is 260 g/mol. The number of nitrogens with zero attached hydrogens (tertiary/aromatic N) is 2. The van der Waals surface area contributed by atoms with E-state index < -0.39 is 0 Å². The van der Waals surface area contributed by atoms with E-state index in [1.807, 2.05) is 29.3 Å². The third-order valence-electron chi connectivity index (χ3n) is 3.12. The molecule has 0 aromatic heterocycles. The van der Waals surface area contributed by atoms with Crippen molar-refractivity contribution in [1.82, 2.24) is 5.01 Å². The average Bonchev–Trinajstić information content (AvgIpc) is 2.36. The molecule has 2 rings (SSSR count). The van der Waals surface area contributed by atoms with Gasteiger partial charge in [0.05, 0.1) is 24.9 Å². The summed E-state index contributed by atoms with van der Waals surface area (Å²) in [6.07, 6.45) is -0.370. The predicted octanol–water partition coefficient (Wildman–Crippen LogP) is 3.30. The lowest BCUT2D eigenvalue weighted by atomic mass is 9.98. The van der Waals surface area contributed by atoms with Crippen molar-refractivity contribution in [3.63, 3.8) is 0 Å². The second kappa shape index (κ2) is 4.61. The Morgan fingerprint density at radius 2 is 1.95 bits per heavy atom. The van der Waals surface area contributed by atoms with Gasteiger partial charge in [0.25, 0.3) is 0 Å². The van der Waals surface area contributed by atoms with Crippen molar-refractivity contribution < 1.29 is 9.53 Å². The fourth-order valence-electron chi connectivity index (χ4n) is 2.40. The first-order valence-electron chi connectivity index (χ1n) is 6.29. The Morgan fingerprint density at radius 1 is 1.32 bits per heavy atom. The lowest BCUT2D eigenvalue weighted by Crippen LogP contribution is -2.58. The van der Waals surface area contributed by atoms with Gasteiger partial charge in [-0.2, -0.15) is 0 Å². The summed E-state index contributed by atoms with van der Waals surface area (Å²) < 4.78 is 4.88. The molecule has 1 aromatic rings. The zero-order valence-corrected chi connectivity index (χ0v) is 11.9. The molecule has 19 heavy (non-hydrogen) atoms. The number of para-hydroxylation sites is 1. The highest BCUT2D eigenvalue weighted by molar-refractivity contribution is 5.84. The molecular weight excluding hydrogens is 240 g/mol. The van der Waals surface area contributed by atoms with E-state index in [4.69, 9.17) is 4.74 Å². The Labute approximate surface area is 114 Å². The van der Waals surface area contributed by atoms with Gasteiger partial charge < -0.3 is 4.74 Å². The van der Waals surface area contributed by atoms with E-state index in [2.05, 4.69) is 27.4 Å². The van der Waals surface area contributed by atoms with Crippen LogP contribution in [0.4, 0.5) is 10.5 Å². The number of hydrogen-bond acceptors (Lipinski definition) is 3. The molecular formula is C15H20N2O2. The summed E-state index contributed by atoms with van der Waals surface area (Å²) in [6.45, 7) is 10.7. The van der Waals surface area contributed by atoms with Gasteiger partial charge in [0, 0.05) is 5.56 Å². The fraction of sp³-hybridized carbons (Fsp3) is 0.400. The van der Waals surface area contributed by atoms with Crippen molar-refractivity contribution in [1.29, 1.82) is 0 Å². The van der Waals surface area contributed by atoms with E-state index in [1.165, 1.54) is 7.11 Å². The molecule has 1 aromatic carbocycles. The highest BCUT2D eigenvalue weighted by Gasteiger charge is 2.36. The normalized spacial score (nSPS) is 15.3. The van der Waals surface area contributed by atoms with Crippen molar-refractivity contribution in [3.05, 3.63) is 36.4 Å². The van der Waals surface area contributed by atoms with E-state index >= 15 is 0 Å². The molecule has 0 saturated heterocycles. The van der Waals surface area contributed by atoms with Crippen LogP contribution in [0.25, 0.3) is 5.57 Å². The molecule has 0 bridgehead atoms. The van der Waals surface area contributed by atoms with Gasteiger partial charge in [0.1, 0.15) is 0 Å². The van der Waals surface area contributed by atoms with Crippen LogP contribution in [0.2, 0.25) is 0 Å². The molecule has 1 heterocycles. The fourth-order valence-corrected chi connectivity index (χ4v) is 2.40. The minimum Gasteiger partial charge on any atom is -0.452 e. The number of hydrazine groups is 1. The molecule has 0 saturated carbocycles. The van der Waals surface area contributed by atoms with Crippen molar-refractivity contribution in [3.8, 4) is 0 Å². The van der Waals surface area contributed by atoms with E-state index in [1.54, 1.807) is 5.01 Å². The van der Waals surface area contributed by atoms with Crippen LogP contribution in [0.5, 0.6) is 0 Å². The number of hydrogen-bond donors (Lipinski definition) is 0. The van der Waals surface area contributed by atoms with Crippen LogP contribution < -0.4 is 5.01 Å². The first-order chi connectivity index (χ1) is 8.86. The first kappa shape index (κ1) is 13.5. The van der Waals surface area contributed by atoms with E-state index in [0.29, 0.717) is 6.54 Å². The van der Waals surface area contributed by atoms with Crippen LogP contribution in [0.3, 0.4) is 0 Å². The number of methoxy groups -OCH3 is 1. The maximum absolute atomic E-state index is 12.0. The third kappa shape index (κ3) is 2.30. The molecule has 0 fully saturated rings. The summed E-state index contributed by atoms with van der Waals surface area (Å²) in [5.41, 5.74) is 2.75. The van der Waals surface area contributed by atoms with Crippen molar-refractivity contribution in [2.45, 2.75) is 26.3 Å². The van der Waals surface area contributed by atoms with Gasteiger partial charge >= 0.3 is 6.09 Å². The molecule has 0 spiro atoms. The minimum atomic E-state index is -0.370. The smallest absolute Gasteiger partial charge is 0.428 e. The number of rotatable bonds is 0. The Morgan fingerprint density at radius 3 is 2.53 bits per heavy atom. The largest absolute Gasteiger partial charge is 0.452 e. The summed E-state index contributed by atoms with van der Waals surface area (Å²) in [6, 6.07) is 7.98. The topological polar surface area (TPSA) is 32.8 Å². The molecule has 1 aliphatic rings. The average molecular weight is 260 g/mol. The second-order valence-corrected chi connectivity index (χ2v) is 5.63. The van der Waals surface area contributed by atoms with Crippen LogP contribution >= 0.6 is 0 Å². The van der Waals surface area contributed by atoms with Crippen molar-refractivity contribution in [2.24, 2.45) is 0 Å². The van der Waals surface area contributed by atoms with E-state index in [-0.39, 0.29) is 11.6 Å². The number of carbonyl (C=O) groups is 1. The minimum absolute atomic E-state index is 0.231. The molecule has 0 atom stereocenters. The van der Waals surface area contributed by atoms with Gasteiger partial charge in [0.15, 0.2) is 0 Å². The maximum Gasteiger partial charge on any atom is 0.428 e. The third-order valence-corrected chi connectivity index (χ3v) is 3.12. The molecule has 0 aliphatic carbocycles. The first-order valence-corrected chi connectivity index (χ1v) is 6.29. The Balaban J connectivity index is 2.57. The van der Waals surface area contributed by atoms with Crippen molar-refractivity contribution >= 4 is 17.4 Å². The van der Waals surface area contributed by atoms with E-state index in [9.17, 15) is 4.79 Å². The molecule has 0 N–H and O–H groups in total. The van der Waals surface area contributed by atoms with Crippen LogP contribution in [-0.2, 0) is 4.74 Å². The molecule has 0 radical (unpaired) electrons. The van der Waals surface area contributed by atoms with E-state index in [0.717, 1.165) is 16.8 Å². The summed E-state index contributed by atoms with van der Waals surface area (Å²) in [5, 5.41) is 3.58. The lowest BCUT2D eigenvalue weighted by Gasteiger charge is -2.48. The van der Waals surface area contributed by atoms with Gasteiger partial charge in [0.2, 0.25) is 0 Å². The highest BCUT2D eigenvalue weighted by atomic mass is 16.5. The van der Waals surface area contributed by atoms with Crippen LogP contribution in [0, 0.1) is 0 Å². The van der Waals surface area contributed by atoms with Crippen LogP contribution in [0.15, 0.2) is 30.8 Å². The quantitative estimate of drug-likeness (QED) is 0.717. The number of anilines is 1. The molecule has 0 unspecified atom stereocenters. The van der Waals surface area contributed by atoms with Gasteiger partial charge in [-0.3, -0.25) is 5.01 Å². The van der Waals surface area contributed by atoms with Crippen LogP contribution in [0.1, 0.15) is 26.3 Å². The maximum atomic E-state index is 12.0. The number of ether oxygens (including phenoxy) is 1. The standard InChI is InChI=1S/C15H20N2O2/c1-11-10-16(14(18)19-5)17(15(2,3)4)13-9-7-6-8-12(11)13/h6-9H,1,10H2,2-5H3. The van der Waals surface area contributed by atoms with Crippen LogP contribution in [-0.4, -0.2) is 30.3 Å². The van der Waals surface area contributed by atoms with Crippen molar-refractivity contribution in [2.75, 3.05) is 18.7 Å².